The van der Waals surface area contributed by atoms with Crippen molar-refractivity contribution >= 4 is 5.91 Å². The van der Waals surface area contributed by atoms with Crippen molar-refractivity contribution in [2.24, 2.45) is 5.92 Å². The van der Waals surface area contributed by atoms with E-state index in [4.69, 9.17) is 0 Å². The second-order valence-electron chi connectivity index (χ2n) is 4.81. The first-order valence-corrected chi connectivity index (χ1v) is 6.69. The van der Waals surface area contributed by atoms with Gasteiger partial charge in [-0.25, -0.2) is 0 Å². The van der Waals surface area contributed by atoms with Crippen molar-refractivity contribution in [1.82, 2.24) is 10.6 Å². The van der Waals surface area contributed by atoms with E-state index >= 15 is 0 Å². The second-order valence-corrected chi connectivity index (χ2v) is 4.81. The Morgan fingerprint density at radius 3 is 2.75 bits per heavy atom. The average molecular weight is 284 g/mol. The van der Waals surface area contributed by atoms with Gasteiger partial charge in [0.05, 0.1) is 0 Å². The molecule has 1 amide bonds. The van der Waals surface area contributed by atoms with Crippen molar-refractivity contribution in [2.45, 2.75) is 19.5 Å². The van der Waals surface area contributed by atoms with E-state index in [1.54, 1.807) is 0 Å². The molecular formula is C14H18F2N2O2. The third kappa shape index (κ3) is 4.45. The maximum absolute atomic E-state index is 12.0. The molecule has 0 radical (unpaired) electrons. The van der Waals surface area contributed by atoms with Gasteiger partial charge in [-0.3, -0.25) is 4.79 Å². The fourth-order valence-corrected chi connectivity index (χ4v) is 2.24. The molecule has 1 aliphatic heterocycles. The highest BCUT2D eigenvalue weighted by atomic mass is 19.3. The third-order valence-corrected chi connectivity index (χ3v) is 3.34. The van der Waals surface area contributed by atoms with Crippen LogP contribution in [0.1, 0.15) is 23.2 Å². The van der Waals surface area contributed by atoms with E-state index in [1.807, 2.05) is 0 Å². The van der Waals surface area contributed by atoms with Crippen molar-refractivity contribution in [3.05, 3.63) is 29.8 Å². The molecule has 1 aromatic carbocycles. The Labute approximate surface area is 116 Å². The molecule has 1 aliphatic rings. The summed E-state index contributed by atoms with van der Waals surface area (Å²) in [4.78, 5) is 11.8. The van der Waals surface area contributed by atoms with Crippen LogP contribution in [0.5, 0.6) is 5.75 Å². The summed E-state index contributed by atoms with van der Waals surface area (Å²) in [7, 11) is 0. The van der Waals surface area contributed by atoms with E-state index in [0.717, 1.165) is 25.9 Å². The van der Waals surface area contributed by atoms with Crippen molar-refractivity contribution in [2.75, 3.05) is 19.6 Å². The minimum atomic E-state index is -2.85. The quantitative estimate of drug-likeness (QED) is 0.840. The molecule has 0 aliphatic carbocycles. The first-order chi connectivity index (χ1) is 9.65. The van der Waals surface area contributed by atoms with E-state index in [2.05, 4.69) is 15.4 Å². The van der Waals surface area contributed by atoms with Gasteiger partial charge in [0.25, 0.3) is 5.91 Å². The van der Waals surface area contributed by atoms with E-state index in [1.165, 1.54) is 24.3 Å². The molecule has 0 aromatic heterocycles. The zero-order chi connectivity index (χ0) is 14.4. The largest absolute Gasteiger partial charge is 0.435 e. The maximum Gasteiger partial charge on any atom is 0.387 e. The summed E-state index contributed by atoms with van der Waals surface area (Å²) in [6, 6.07) is 5.68. The number of carbonyl (C=O) groups is 1. The number of halogens is 2. The molecule has 1 fully saturated rings. The van der Waals surface area contributed by atoms with E-state index in [9.17, 15) is 13.6 Å². The summed E-state index contributed by atoms with van der Waals surface area (Å²) in [5.74, 6) is 0.477. The van der Waals surface area contributed by atoms with Crippen LogP contribution in [0.3, 0.4) is 0 Å². The molecule has 110 valence electrons. The van der Waals surface area contributed by atoms with Crippen LogP contribution in [0.15, 0.2) is 24.3 Å². The van der Waals surface area contributed by atoms with Gasteiger partial charge in [0.15, 0.2) is 0 Å². The van der Waals surface area contributed by atoms with Gasteiger partial charge in [0.2, 0.25) is 0 Å². The van der Waals surface area contributed by atoms with Crippen LogP contribution in [-0.2, 0) is 0 Å². The molecule has 0 bridgehead atoms. The standard InChI is InChI=1S/C14H18F2N2O2/c15-14(16)20-12-3-1-11(2-4-12)13(19)18-8-6-10-5-7-17-9-10/h1-4,10,14,17H,5-9H2,(H,18,19). The Bertz CT molecular complexity index is 431. The highest BCUT2D eigenvalue weighted by Crippen LogP contribution is 2.15. The molecule has 2 N–H and O–H groups in total. The second kappa shape index (κ2) is 7.19. The normalized spacial score (nSPS) is 18.2. The van der Waals surface area contributed by atoms with Crippen molar-refractivity contribution < 1.29 is 18.3 Å². The number of hydrogen-bond donors (Lipinski definition) is 2. The molecule has 1 atom stereocenters. The summed E-state index contributed by atoms with van der Waals surface area (Å²) in [6.07, 6.45) is 2.10. The summed E-state index contributed by atoms with van der Waals surface area (Å²) < 4.78 is 28.2. The molecule has 1 heterocycles. The lowest BCUT2D eigenvalue weighted by atomic mass is 10.1. The Kier molecular flexibility index (Phi) is 5.29. The Balaban J connectivity index is 1.76. The highest BCUT2D eigenvalue weighted by Gasteiger charge is 2.14. The molecule has 2 rings (SSSR count). The van der Waals surface area contributed by atoms with Crippen LogP contribution in [0.2, 0.25) is 0 Å². The number of alkyl halides is 2. The number of carbonyl (C=O) groups excluding carboxylic acids is 1. The summed E-state index contributed by atoms with van der Waals surface area (Å²) in [6.45, 7) is -0.171. The van der Waals surface area contributed by atoms with Crippen LogP contribution >= 0.6 is 0 Å². The van der Waals surface area contributed by atoms with Gasteiger partial charge in [-0.05, 0) is 56.1 Å². The zero-order valence-electron chi connectivity index (χ0n) is 11.1. The molecule has 0 saturated carbocycles. The minimum Gasteiger partial charge on any atom is -0.435 e. The lowest BCUT2D eigenvalue weighted by Crippen LogP contribution is -2.26. The van der Waals surface area contributed by atoms with Crippen LogP contribution in [0.4, 0.5) is 8.78 Å². The molecule has 0 spiro atoms. The van der Waals surface area contributed by atoms with Gasteiger partial charge in [-0.15, -0.1) is 0 Å². The fourth-order valence-electron chi connectivity index (χ4n) is 2.24. The third-order valence-electron chi connectivity index (χ3n) is 3.34. The van der Waals surface area contributed by atoms with Crippen molar-refractivity contribution in [1.29, 1.82) is 0 Å². The van der Waals surface area contributed by atoms with Crippen LogP contribution < -0.4 is 15.4 Å². The van der Waals surface area contributed by atoms with Crippen molar-refractivity contribution in [3.63, 3.8) is 0 Å². The lowest BCUT2D eigenvalue weighted by Gasteiger charge is -2.10. The number of nitrogens with one attached hydrogen (secondary N) is 2. The van der Waals surface area contributed by atoms with Gasteiger partial charge in [0.1, 0.15) is 5.75 Å². The number of rotatable bonds is 6. The molecule has 1 saturated heterocycles. The van der Waals surface area contributed by atoms with E-state index in [0.29, 0.717) is 18.0 Å². The van der Waals surface area contributed by atoms with Gasteiger partial charge in [-0.2, -0.15) is 8.78 Å². The Morgan fingerprint density at radius 1 is 1.40 bits per heavy atom. The van der Waals surface area contributed by atoms with E-state index < -0.39 is 6.61 Å². The van der Waals surface area contributed by atoms with Gasteiger partial charge < -0.3 is 15.4 Å². The average Bonchev–Trinajstić information content (AvgIpc) is 2.92. The minimum absolute atomic E-state index is 0.0496. The zero-order valence-corrected chi connectivity index (χ0v) is 11.1. The SMILES string of the molecule is O=C(NCCC1CCNC1)c1ccc(OC(F)F)cc1. The van der Waals surface area contributed by atoms with Gasteiger partial charge in [-0.1, -0.05) is 0 Å². The molecule has 6 heteroatoms. The van der Waals surface area contributed by atoms with Crippen LogP contribution in [0, 0.1) is 5.92 Å². The van der Waals surface area contributed by atoms with E-state index in [-0.39, 0.29) is 11.7 Å². The smallest absolute Gasteiger partial charge is 0.387 e. The predicted molar refractivity (Wildman–Crippen MR) is 71.0 cm³/mol. The summed E-state index contributed by atoms with van der Waals surface area (Å²) in [5, 5.41) is 6.11. The Morgan fingerprint density at radius 2 is 2.15 bits per heavy atom. The first-order valence-electron chi connectivity index (χ1n) is 6.69. The topological polar surface area (TPSA) is 50.4 Å². The first kappa shape index (κ1) is 14.7. The number of amides is 1. The number of hydrogen-bond acceptors (Lipinski definition) is 3. The fraction of sp³-hybridized carbons (Fsp3) is 0.500. The predicted octanol–water partition coefficient (Wildman–Crippen LogP) is 2.02. The Hall–Kier alpha value is -1.69. The number of ether oxygens (including phenoxy) is 1. The van der Waals surface area contributed by atoms with Crippen molar-refractivity contribution in [3.8, 4) is 5.75 Å². The molecule has 1 unspecified atom stereocenters. The molecule has 1 aromatic rings. The molecular weight excluding hydrogens is 266 g/mol. The highest BCUT2D eigenvalue weighted by molar-refractivity contribution is 5.94. The van der Waals surface area contributed by atoms with Gasteiger partial charge >= 0.3 is 6.61 Å². The lowest BCUT2D eigenvalue weighted by molar-refractivity contribution is -0.0498. The number of benzene rings is 1. The summed E-state index contributed by atoms with van der Waals surface area (Å²) >= 11 is 0. The maximum atomic E-state index is 12.0. The molecule has 20 heavy (non-hydrogen) atoms. The van der Waals surface area contributed by atoms with Crippen LogP contribution in [0.25, 0.3) is 0 Å². The van der Waals surface area contributed by atoms with Gasteiger partial charge in [0, 0.05) is 12.1 Å². The monoisotopic (exact) mass is 284 g/mol. The molecule has 4 nitrogen and oxygen atoms in total. The summed E-state index contributed by atoms with van der Waals surface area (Å²) in [5.41, 5.74) is 0.441. The van der Waals surface area contributed by atoms with Crippen LogP contribution in [-0.4, -0.2) is 32.2 Å².